The third-order valence-electron chi connectivity index (χ3n) is 4.38. The molecular formula is C21H26F3N3O2S. The van der Waals surface area contributed by atoms with Gasteiger partial charge in [0.05, 0.1) is 0 Å². The molecule has 0 saturated carbocycles. The van der Waals surface area contributed by atoms with Crippen molar-refractivity contribution in [3.63, 3.8) is 0 Å². The molecule has 1 heterocycles. The molecule has 0 aliphatic carbocycles. The summed E-state index contributed by atoms with van der Waals surface area (Å²) in [4.78, 5) is 1.28. The summed E-state index contributed by atoms with van der Waals surface area (Å²) in [5.74, 6) is 0. The van der Waals surface area contributed by atoms with Crippen LogP contribution in [0, 0.1) is 0 Å². The predicted octanol–water partition coefficient (Wildman–Crippen LogP) is 4.66. The highest BCUT2D eigenvalue weighted by molar-refractivity contribution is 7.95. The Kier molecular flexibility index (Phi) is 7.54. The number of anilines is 1. The molecule has 0 fully saturated rings. The van der Waals surface area contributed by atoms with E-state index in [1.165, 1.54) is 23.1 Å². The van der Waals surface area contributed by atoms with Gasteiger partial charge in [-0.15, -0.1) is 6.58 Å². The highest BCUT2D eigenvalue weighted by Gasteiger charge is 2.42. The fourth-order valence-corrected chi connectivity index (χ4v) is 3.63. The van der Waals surface area contributed by atoms with E-state index in [1.807, 2.05) is 13.8 Å². The molecule has 0 radical (unpaired) electrons. The Morgan fingerprint density at radius 2 is 1.80 bits per heavy atom. The summed E-state index contributed by atoms with van der Waals surface area (Å²) in [7, 11) is -3.66. The molecule has 1 aliphatic heterocycles. The lowest BCUT2D eigenvalue weighted by molar-refractivity contribution is -0.117. The smallest absolute Gasteiger partial charge is 0.344 e. The van der Waals surface area contributed by atoms with Gasteiger partial charge in [0.1, 0.15) is 11.9 Å². The molecule has 0 bridgehead atoms. The van der Waals surface area contributed by atoms with Crippen LogP contribution in [0.4, 0.5) is 18.9 Å². The van der Waals surface area contributed by atoms with Crippen LogP contribution in [0.25, 0.3) is 0 Å². The maximum absolute atomic E-state index is 13.7. The normalized spacial score (nSPS) is 17.4. The van der Waals surface area contributed by atoms with E-state index in [1.54, 1.807) is 18.2 Å². The molecule has 1 aromatic rings. The van der Waals surface area contributed by atoms with Gasteiger partial charge in [0.15, 0.2) is 0 Å². The molecule has 30 heavy (non-hydrogen) atoms. The molecule has 1 aliphatic rings. The van der Waals surface area contributed by atoms with Crippen LogP contribution in [-0.2, 0) is 16.6 Å². The second kappa shape index (κ2) is 9.53. The number of halogens is 3. The molecule has 2 rings (SSSR count). The van der Waals surface area contributed by atoms with Gasteiger partial charge >= 0.3 is 6.18 Å². The number of benzene rings is 1. The summed E-state index contributed by atoms with van der Waals surface area (Å²) in [5.41, 5.74) is 0.932. The highest BCUT2D eigenvalue weighted by Crippen LogP contribution is 2.36. The molecule has 0 saturated heterocycles. The maximum Gasteiger partial charge on any atom is 0.431 e. The van der Waals surface area contributed by atoms with Crippen molar-refractivity contribution in [2.45, 2.75) is 45.2 Å². The first-order valence-electron chi connectivity index (χ1n) is 9.32. The second-order valence-electron chi connectivity index (χ2n) is 7.15. The fourth-order valence-electron chi connectivity index (χ4n) is 3.09. The van der Waals surface area contributed by atoms with E-state index in [0.717, 1.165) is 17.1 Å². The molecule has 164 valence electrons. The lowest BCUT2D eigenvalue weighted by Gasteiger charge is -2.41. The van der Waals surface area contributed by atoms with Crippen LogP contribution in [0.1, 0.15) is 25.8 Å². The number of allylic oxidation sites excluding steroid dienone is 4. The minimum Gasteiger partial charge on any atom is -0.344 e. The number of alkyl halides is 3. The van der Waals surface area contributed by atoms with Crippen molar-refractivity contribution < 1.29 is 21.6 Å². The topological polar surface area (TPSA) is 61.4 Å². The molecule has 0 amide bonds. The van der Waals surface area contributed by atoms with E-state index in [0.29, 0.717) is 17.7 Å². The Balaban J connectivity index is 2.36. The van der Waals surface area contributed by atoms with E-state index in [2.05, 4.69) is 23.2 Å². The summed E-state index contributed by atoms with van der Waals surface area (Å²) in [6.07, 6.45) is -0.481. The first-order chi connectivity index (χ1) is 14.0. The Bertz CT molecular complexity index is 933. The third kappa shape index (κ3) is 6.24. The summed E-state index contributed by atoms with van der Waals surface area (Å²) in [6, 6.07) is 6.14. The zero-order chi connectivity index (χ0) is 22.5. The third-order valence-corrected chi connectivity index (χ3v) is 5.33. The van der Waals surface area contributed by atoms with Crippen LogP contribution < -0.4 is 10.0 Å². The van der Waals surface area contributed by atoms with E-state index >= 15 is 0 Å². The van der Waals surface area contributed by atoms with E-state index in [4.69, 9.17) is 0 Å². The Morgan fingerprint density at radius 1 is 1.17 bits per heavy atom. The van der Waals surface area contributed by atoms with Crippen LogP contribution in [0.2, 0.25) is 0 Å². The fraction of sp³-hybridized carbons (Fsp3) is 0.333. The number of hydrogen-bond acceptors (Lipinski definition) is 4. The molecule has 2 N–H and O–H groups in total. The van der Waals surface area contributed by atoms with Gasteiger partial charge in [-0.3, -0.25) is 10.0 Å². The monoisotopic (exact) mass is 441 g/mol. The zero-order valence-corrected chi connectivity index (χ0v) is 17.7. The van der Waals surface area contributed by atoms with Gasteiger partial charge in [0.25, 0.3) is 10.0 Å². The summed E-state index contributed by atoms with van der Waals surface area (Å²) in [6.45, 7) is 10.6. The van der Waals surface area contributed by atoms with Crippen LogP contribution >= 0.6 is 0 Å². The van der Waals surface area contributed by atoms with Crippen LogP contribution in [0.3, 0.4) is 0 Å². The molecule has 1 unspecified atom stereocenters. The average molecular weight is 442 g/mol. The van der Waals surface area contributed by atoms with Crippen molar-refractivity contribution in [2.24, 2.45) is 0 Å². The van der Waals surface area contributed by atoms with Crippen LogP contribution in [0.5, 0.6) is 0 Å². The number of hydrogen-bond donors (Lipinski definition) is 2. The summed E-state index contributed by atoms with van der Waals surface area (Å²) < 4.78 is 66.7. The number of rotatable bonds is 9. The second-order valence-corrected chi connectivity index (χ2v) is 8.77. The maximum atomic E-state index is 13.7. The lowest BCUT2D eigenvalue weighted by atomic mass is 10.0. The van der Waals surface area contributed by atoms with Crippen LogP contribution in [-0.4, -0.2) is 31.7 Å². The molecular weight excluding hydrogens is 415 g/mol. The first-order valence-corrected chi connectivity index (χ1v) is 10.9. The van der Waals surface area contributed by atoms with Gasteiger partial charge in [-0.05, 0) is 49.6 Å². The molecule has 9 heteroatoms. The molecule has 5 nitrogen and oxygen atoms in total. The van der Waals surface area contributed by atoms with Gasteiger partial charge < -0.3 is 4.90 Å². The lowest BCUT2D eigenvalue weighted by Crippen LogP contribution is -2.52. The van der Waals surface area contributed by atoms with Gasteiger partial charge in [-0.25, -0.2) is 8.42 Å². The van der Waals surface area contributed by atoms with Gasteiger partial charge in [0.2, 0.25) is 0 Å². The summed E-state index contributed by atoms with van der Waals surface area (Å²) >= 11 is 0. The number of nitrogens with zero attached hydrogens (tertiary/aromatic N) is 1. The largest absolute Gasteiger partial charge is 0.431 e. The quantitative estimate of drug-likeness (QED) is 0.547. The van der Waals surface area contributed by atoms with E-state index in [-0.39, 0.29) is 12.6 Å². The Morgan fingerprint density at radius 3 is 2.30 bits per heavy atom. The Hall–Kier alpha value is -2.52. The highest BCUT2D eigenvalue weighted by atomic mass is 32.2. The van der Waals surface area contributed by atoms with Crippen molar-refractivity contribution in [1.82, 2.24) is 10.2 Å². The zero-order valence-electron chi connectivity index (χ0n) is 16.9. The number of sulfonamides is 1. The standard InChI is InChI=1S/C21H26F3N3O2S/c1-5-7-17-10-13-19(21(22,23)24)27(20(17)25-15(3)4)14-16-8-11-18(12-9-16)26-30(28,29)6-2/h5-6,8-13,15,20,25-26H,1-2,7,14H2,3-4H3. The average Bonchev–Trinajstić information content (AvgIpc) is 2.64. The minimum absolute atomic E-state index is 0.0152. The van der Waals surface area contributed by atoms with Gasteiger partial charge in [-0.1, -0.05) is 30.9 Å². The molecule has 1 aromatic carbocycles. The molecule has 1 atom stereocenters. The first kappa shape index (κ1) is 23.8. The van der Waals surface area contributed by atoms with Crippen LogP contribution in [0.15, 0.2) is 72.3 Å². The van der Waals surface area contributed by atoms with E-state index < -0.39 is 28.1 Å². The van der Waals surface area contributed by atoms with Crippen molar-refractivity contribution >= 4 is 15.7 Å². The minimum atomic E-state index is -4.52. The predicted molar refractivity (Wildman–Crippen MR) is 114 cm³/mol. The van der Waals surface area contributed by atoms with Crippen molar-refractivity contribution in [2.75, 3.05) is 4.72 Å². The van der Waals surface area contributed by atoms with Gasteiger partial charge in [-0.2, -0.15) is 13.2 Å². The van der Waals surface area contributed by atoms with E-state index in [9.17, 15) is 21.6 Å². The SMILES string of the molecule is C=CCC1=CC=C(C(F)(F)F)N(Cc2ccc(NS(=O)(=O)C=C)cc2)C1NC(C)C. The molecule has 0 aromatic heterocycles. The number of nitrogens with one attached hydrogen (secondary N) is 2. The summed E-state index contributed by atoms with van der Waals surface area (Å²) in [5, 5.41) is 3.99. The Labute approximate surface area is 175 Å². The van der Waals surface area contributed by atoms with Gasteiger partial charge in [0, 0.05) is 23.7 Å². The van der Waals surface area contributed by atoms with Crippen molar-refractivity contribution in [3.05, 3.63) is 77.9 Å². The molecule has 0 spiro atoms. The van der Waals surface area contributed by atoms with Crippen molar-refractivity contribution in [1.29, 1.82) is 0 Å². The van der Waals surface area contributed by atoms with Crippen molar-refractivity contribution in [3.8, 4) is 0 Å².